The maximum Gasteiger partial charge on any atom is 0.146 e. The van der Waals surface area contributed by atoms with E-state index >= 15 is 0 Å². The van der Waals surface area contributed by atoms with Crippen LogP contribution >= 0.6 is 11.6 Å². The first-order chi connectivity index (χ1) is 14.6. The van der Waals surface area contributed by atoms with Crippen LogP contribution in [-0.4, -0.2) is 24.7 Å². The average molecular weight is 419 g/mol. The lowest BCUT2D eigenvalue weighted by Gasteiger charge is -2.23. The summed E-state index contributed by atoms with van der Waals surface area (Å²) in [5, 5.41) is 6.10. The number of nitrogens with two attached hydrogens (primary N) is 1. The van der Waals surface area contributed by atoms with Crippen molar-refractivity contribution in [2.45, 2.75) is 38.0 Å². The number of rotatable bonds is 3. The maximum absolute atomic E-state index is 6.58. The van der Waals surface area contributed by atoms with E-state index in [0.717, 1.165) is 46.4 Å². The Kier molecular flexibility index (Phi) is 4.87. The highest BCUT2D eigenvalue weighted by Gasteiger charge is 2.24. The molecule has 5 rings (SSSR count). The van der Waals surface area contributed by atoms with Crippen molar-refractivity contribution in [2.24, 2.45) is 7.05 Å². The van der Waals surface area contributed by atoms with Crippen molar-refractivity contribution in [2.75, 3.05) is 5.73 Å². The van der Waals surface area contributed by atoms with Gasteiger partial charge < -0.3 is 5.73 Å². The maximum atomic E-state index is 6.58. The number of fused-ring (bicyclic) bond motifs is 1. The molecule has 1 aliphatic carbocycles. The van der Waals surface area contributed by atoms with E-state index in [0.29, 0.717) is 22.5 Å². The largest absolute Gasteiger partial charge is 0.382 e. The summed E-state index contributed by atoms with van der Waals surface area (Å²) in [6, 6.07) is 9.81. The van der Waals surface area contributed by atoms with E-state index in [1.54, 1.807) is 10.9 Å². The Bertz CT molecular complexity index is 1230. The van der Waals surface area contributed by atoms with Crippen molar-refractivity contribution in [1.82, 2.24) is 24.7 Å². The van der Waals surface area contributed by atoms with Crippen LogP contribution in [-0.2, 0) is 7.05 Å². The second kappa shape index (κ2) is 7.69. The van der Waals surface area contributed by atoms with Crippen molar-refractivity contribution in [3.05, 3.63) is 53.4 Å². The molecular weight excluding hydrogens is 396 g/mol. The van der Waals surface area contributed by atoms with E-state index in [1.807, 2.05) is 37.5 Å². The number of benzene rings is 1. The quantitative estimate of drug-likeness (QED) is 0.483. The Hall–Kier alpha value is -2.99. The lowest BCUT2D eigenvalue weighted by Crippen LogP contribution is -2.12. The molecule has 7 heteroatoms. The zero-order valence-electron chi connectivity index (χ0n) is 16.8. The molecule has 30 heavy (non-hydrogen) atoms. The second-order valence-electron chi connectivity index (χ2n) is 7.93. The molecule has 3 heterocycles. The highest BCUT2D eigenvalue weighted by atomic mass is 35.5. The molecule has 1 saturated carbocycles. The van der Waals surface area contributed by atoms with Crippen molar-refractivity contribution < 1.29 is 0 Å². The number of hydrogen-bond donors (Lipinski definition) is 1. The molecule has 2 N–H and O–H groups in total. The molecule has 4 aromatic rings. The number of aryl methyl sites for hydroxylation is 1. The lowest BCUT2D eigenvalue weighted by atomic mass is 9.86. The summed E-state index contributed by atoms with van der Waals surface area (Å²) >= 11 is 6.58. The van der Waals surface area contributed by atoms with Gasteiger partial charge in [0.15, 0.2) is 0 Å². The van der Waals surface area contributed by atoms with E-state index in [-0.39, 0.29) is 0 Å². The molecule has 0 aliphatic heterocycles. The number of nitrogens with zero attached hydrogens (tertiary/aromatic N) is 5. The molecule has 152 valence electrons. The van der Waals surface area contributed by atoms with E-state index in [4.69, 9.17) is 27.3 Å². The molecule has 1 aliphatic rings. The van der Waals surface area contributed by atoms with Gasteiger partial charge in [0.1, 0.15) is 17.2 Å². The standard InChI is InChI=1S/C23H23ClN6/c1-30-11-9-18(29-30)22-20(16-12-15-8-5-10-26-19(15)17(24)13-16)27-21(23(25)28-22)14-6-3-2-4-7-14/h5,8-14H,2-4,6-7H2,1H3,(H2,25,28). The zero-order chi connectivity index (χ0) is 20.7. The first kappa shape index (κ1) is 19.0. The van der Waals surface area contributed by atoms with Gasteiger partial charge in [-0.2, -0.15) is 5.10 Å². The molecule has 0 spiro atoms. The average Bonchev–Trinajstić information content (AvgIpc) is 3.20. The Morgan fingerprint density at radius 1 is 1.07 bits per heavy atom. The van der Waals surface area contributed by atoms with Gasteiger partial charge >= 0.3 is 0 Å². The van der Waals surface area contributed by atoms with Gasteiger partial charge in [-0.15, -0.1) is 0 Å². The van der Waals surface area contributed by atoms with E-state index in [2.05, 4.69) is 16.1 Å². The molecule has 0 bridgehead atoms. The molecular formula is C23H23ClN6. The van der Waals surface area contributed by atoms with Crippen LogP contribution in [0.5, 0.6) is 0 Å². The molecule has 0 unspecified atom stereocenters. The monoisotopic (exact) mass is 418 g/mol. The smallest absolute Gasteiger partial charge is 0.146 e. The molecule has 0 radical (unpaired) electrons. The molecule has 0 saturated heterocycles. The minimum Gasteiger partial charge on any atom is -0.382 e. The predicted molar refractivity (Wildman–Crippen MR) is 120 cm³/mol. The fourth-order valence-electron chi connectivity index (χ4n) is 4.34. The number of hydrogen-bond acceptors (Lipinski definition) is 5. The number of aromatic nitrogens is 5. The van der Waals surface area contributed by atoms with Gasteiger partial charge in [-0.05, 0) is 37.1 Å². The highest BCUT2D eigenvalue weighted by molar-refractivity contribution is 6.35. The van der Waals surface area contributed by atoms with Crippen LogP contribution in [0.4, 0.5) is 5.82 Å². The van der Waals surface area contributed by atoms with Crippen molar-refractivity contribution in [3.8, 4) is 22.6 Å². The predicted octanol–water partition coefficient (Wildman–Crippen LogP) is 5.38. The fourth-order valence-corrected chi connectivity index (χ4v) is 4.62. The first-order valence-electron chi connectivity index (χ1n) is 10.3. The summed E-state index contributed by atoms with van der Waals surface area (Å²) in [5.41, 5.74) is 11.2. The number of halogens is 1. The molecule has 1 fully saturated rings. The molecule has 0 amide bonds. The first-order valence-corrected chi connectivity index (χ1v) is 10.7. The Morgan fingerprint density at radius 3 is 2.67 bits per heavy atom. The summed E-state index contributed by atoms with van der Waals surface area (Å²) < 4.78 is 1.75. The molecule has 6 nitrogen and oxygen atoms in total. The SMILES string of the molecule is Cn1ccc(-c2nc(N)c(C3CCCCC3)nc2-c2cc(Cl)c3ncccc3c2)n1. The van der Waals surface area contributed by atoms with Crippen molar-refractivity contribution >= 4 is 28.3 Å². The minimum atomic E-state index is 0.348. The van der Waals surface area contributed by atoms with Crippen LogP contribution in [0.1, 0.15) is 43.7 Å². The van der Waals surface area contributed by atoms with E-state index < -0.39 is 0 Å². The second-order valence-corrected chi connectivity index (χ2v) is 8.34. The van der Waals surface area contributed by atoms with Gasteiger partial charge in [0.05, 0.1) is 21.9 Å². The Labute approximate surface area is 180 Å². The molecule has 0 atom stereocenters. The van der Waals surface area contributed by atoms with Gasteiger partial charge in [-0.3, -0.25) is 9.67 Å². The lowest BCUT2D eigenvalue weighted by molar-refractivity contribution is 0.437. The summed E-state index contributed by atoms with van der Waals surface area (Å²) in [6.45, 7) is 0. The highest BCUT2D eigenvalue weighted by Crippen LogP contribution is 2.39. The third kappa shape index (κ3) is 3.41. The van der Waals surface area contributed by atoms with Crippen LogP contribution in [0, 0.1) is 0 Å². The van der Waals surface area contributed by atoms with Crippen molar-refractivity contribution in [1.29, 1.82) is 0 Å². The van der Waals surface area contributed by atoms with Gasteiger partial charge in [0, 0.05) is 36.3 Å². The van der Waals surface area contributed by atoms with Crippen LogP contribution in [0.3, 0.4) is 0 Å². The summed E-state index contributed by atoms with van der Waals surface area (Å²) in [4.78, 5) is 14.3. The number of anilines is 1. The Morgan fingerprint density at radius 2 is 1.90 bits per heavy atom. The van der Waals surface area contributed by atoms with E-state index in [1.165, 1.54) is 19.3 Å². The van der Waals surface area contributed by atoms with E-state index in [9.17, 15) is 0 Å². The number of nitrogen functional groups attached to an aromatic ring is 1. The summed E-state index contributed by atoms with van der Waals surface area (Å²) in [6.07, 6.45) is 9.52. The minimum absolute atomic E-state index is 0.348. The Balaban J connectivity index is 1.73. The van der Waals surface area contributed by atoms with Gasteiger partial charge in [0.2, 0.25) is 0 Å². The normalized spacial score (nSPS) is 15.0. The van der Waals surface area contributed by atoms with Crippen LogP contribution < -0.4 is 5.73 Å². The zero-order valence-corrected chi connectivity index (χ0v) is 17.6. The summed E-state index contributed by atoms with van der Waals surface area (Å²) in [5.74, 6) is 0.847. The van der Waals surface area contributed by atoms with Crippen LogP contribution in [0.25, 0.3) is 33.5 Å². The molecule has 3 aromatic heterocycles. The van der Waals surface area contributed by atoms with Gasteiger partial charge in [-0.25, -0.2) is 9.97 Å². The topological polar surface area (TPSA) is 82.5 Å². The van der Waals surface area contributed by atoms with Gasteiger partial charge in [-0.1, -0.05) is 36.9 Å². The van der Waals surface area contributed by atoms with Crippen molar-refractivity contribution in [3.63, 3.8) is 0 Å². The number of pyridine rings is 1. The van der Waals surface area contributed by atoms with Crippen LogP contribution in [0.15, 0.2) is 42.7 Å². The van der Waals surface area contributed by atoms with Crippen LogP contribution in [0.2, 0.25) is 5.02 Å². The molecule has 1 aromatic carbocycles. The fraction of sp³-hybridized carbons (Fsp3) is 0.304. The van der Waals surface area contributed by atoms with Gasteiger partial charge in [0.25, 0.3) is 0 Å². The third-order valence-electron chi connectivity index (χ3n) is 5.83. The summed E-state index contributed by atoms with van der Waals surface area (Å²) in [7, 11) is 1.88. The third-order valence-corrected chi connectivity index (χ3v) is 6.12.